The van der Waals surface area contributed by atoms with Crippen molar-refractivity contribution in [3.63, 3.8) is 0 Å². The normalized spacial score (nSPS) is 11.9. The molecule has 1 unspecified atom stereocenters. The fraction of sp³-hybridized carbons (Fsp3) is 0.381. The van der Waals surface area contributed by atoms with Crippen LogP contribution in [-0.2, 0) is 11.2 Å². The van der Waals surface area contributed by atoms with Gasteiger partial charge in [-0.2, -0.15) is 0 Å². The van der Waals surface area contributed by atoms with E-state index >= 15 is 0 Å². The van der Waals surface area contributed by atoms with Crippen LogP contribution < -0.4 is 10.1 Å². The van der Waals surface area contributed by atoms with Gasteiger partial charge in [-0.1, -0.05) is 31.2 Å². The van der Waals surface area contributed by atoms with E-state index in [1.807, 2.05) is 31.2 Å². The number of benzene rings is 2. The third kappa shape index (κ3) is 4.60. The van der Waals surface area contributed by atoms with Gasteiger partial charge >= 0.3 is 0 Å². The summed E-state index contributed by atoms with van der Waals surface area (Å²) in [5, 5.41) is 3.01. The van der Waals surface area contributed by atoms with E-state index in [0.29, 0.717) is 0 Å². The summed E-state index contributed by atoms with van der Waals surface area (Å²) in [4.78, 5) is 12.2. The minimum atomic E-state index is -0.111. The van der Waals surface area contributed by atoms with Gasteiger partial charge in [0.15, 0.2) is 6.61 Å². The molecular weight excluding hydrogens is 298 g/mol. The Morgan fingerprint density at radius 2 is 1.67 bits per heavy atom. The first-order chi connectivity index (χ1) is 11.4. The highest BCUT2D eigenvalue weighted by Crippen LogP contribution is 2.21. The maximum absolute atomic E-state index is 12.2. The van der Waals surface area contributed by atoms with Crippen molar-refractivity contribution in [2.75, 3.05) is 6.61 Å². The van der Waals surface area contributed by atoms with E-state index in [1.54, 1.807) is 0 Å². The summed E-state index contributed by atoms with van der Waals surface area (Å²) in [6, 6.07) is 12.1. The molecule has 1 atom stereocenters. The van der Waals surface area contributed by atoms with Crippen molar-refractivity contribution in [2.45, 2.75) is 47.1 Å². The second-order valence-electron chi connectivity index (χ2n) is 6.37. The van der Waals surface area contributed by atoms with E-state index in [0.717, 1.165) is 17.7 Å². The lowest BCUT2D eigenvalue weighted by molar-refractivity contribution is -0.123. The number of ether oxygens (including phenoxy) is 1. The molecule has 3 heteroatoms. The van der Waals surface area contributed by atoms with Gasteiger partial charge in [0, 0.05) is 0 Å². The Balaban J connectivity index is 1.92. The van der Waals surface area contributed by atoms with Gasteiger partial charge in [-0.25, -0.2) is 0 Å². The zero-order valence-electron chi connectivity index (χ0n) is 15.3. The number of rotatable bonds is 6. The van der Waals surface area contributed by atoms with Gasteiger partial charge in [0.25, 0.3) is 5.91 Å². The fourth-order valence-electron chi connectivity index (χ4n) is 2.78. The minimum absolute atomic E-state index is 0.0275. The van der Waals surface area contributed by atoms with Crippen LogP contribution in [0.5, 0.6) is 5.75 Å². The van der Waals surface area contributed by atoms with E-state index in [-0.39, 0.29) is 18.6 Å². The van der Waals surface area contributed by atoms with E-state index in [1.165, 1.54) is 22.3 Å². The Labute approximate surface area is 145 Å². The Morgan fingerprint density at radius 1 is 1.04 bits per heavy atom. The molecule has 2 aromatic carbocycles. The second kappa shape index (κ2) is 8.00. The van der Waals surface area contributed by atoms with E-state index < -0.39 is 0 Å². The summed E-state index contributed by atoms with van der Waals surface area (Å²) >= 11 is 0. The molecule has 0 radical (unpaired) electrons. The molecule has 0 bridgehead atoms. The van der Waals surface area contributed by atoms with Gasteiger partial charge in [-0.3, -0.25) is 4.79 Å². The largest absolute Gasteiger partial charge is 0.484 e. The number of carbonyl (C=O) groups excluding carboxylic acids is 1. The van der Waals surface area contributed by atoms with E-state index in [9.17, 15) is 4.79 Å². The molecule has 0 spiro atoms. The first kappa shape index (κ1) is 18.1. The Hall–Kier alpha value is -2.29. The first-order valence-corrected chi connectivity index (χ1v) is 8.49. The molecule has 0 aliphatic carbocycles. The summed E-state index contributed by atoms with van der Waals surface area (Å²) in [7, 11) is 0. The zero-order chi connectivity index (χ0) is 17.7. The third-order valence-electron chi connectivity index (χ3n) is 4.43. The number of carbonyl (C=O) groups is 1. The van der Waals surface area contributed by atoms with Gasteiger partial charge < -0.3 is 10.1 Å². The fourth-order valence-corrected chi connectivity index (χ4v) is 2.78. The van der Waals surface area contributed by atoms with Gasteiger partial charge in [-0.15, -0.1) is 0 Å². The van der Waals surface area contributed by atoms with Gasteiger partial charge in [0.05, 0.1) is 6.04 Å². The highest BCUT2D eigenvalue weighted by Gasteiger charge is 2.13. The smallest absolute Gasteiger partial charge is 0.258 e. The number of aryl methyl sites for hydroxylation is 4. The van der Waals surface area contributed by atoms with Crippen LogP contribution in [0.4, 0.5) is 0 Å². The Kier molecular flexibility index (Phi) is 6.02. The van der Waals surface area contributed by atoms with Crippen molar-refractivity contribution < 1.29 is 9.53 Å². The Bertz CT molecular complexity index is 705. The molecule has 0 aliphatic rings. The molecule has 1 N–H and O–H groups in total. The van der Waals surface area contributed by atoms with Gasteiger partial charge in [0.1, 0.15) is 5.75 Å². The predicted molar refractivity (Wildman–Crippen MR) is 98.5 cm³/mol. The van der Waals surface area contributed by atoms with Crippen LogP contribution >= 0.6 is 0 Å². The van der Waals surface area contributed by atoms with Crippen LogP contribution in [0, 0.1) is 20.8 Å². The van der Waals surface area contributed by atoms with E-state index in [4.69, 9.17) is 4.74 Å². The molecule has 0 fully saturated rings. The summed E-state index contributed by atoms with van der Waals surface area (Å²) < 4.78 is 5.57. The molecule has 0 aliphatic heterocycles. The van der Waals surface area contributed by atoms with Crippen LogP contribution in [0.25, 0.3) is 0 Å². The van der Waals surface area contributed by atoms with Crippen molar-refractivity contribution in [3.8, 4) is 5.75 Å². The number of hydrogen-bond donors (Lipinski definition) is 1. The SMILES string of the molecule is CCc1ccc(OCC(=O)NC(C)c2cc(C)c(C)cc2C)cc1. The average molecular weight is 325 g/mol. The standard InChI is InChI=1S/C21H27NO2/c1-6-18-7-9-19(10-8-18)24-13-21(23)22-17(5)20-12-15(3)14(2)11-16(20)4/h7-12,17H,6,13H2,1-5H3,(H,22,23). The monoisotopic (exact) mass is 325 g/mol. The molecule has 3 nitrogen and oxygen atoms in total. The number of nitrogens with one attached hydrogen (secondary N) is 1. The molecule has 24 heavy (non-hydrogen) atoms. The summed E-state index contributed by atoms with van der Waals surface area (Å²) in [5.74, 6) is 0.608. The topological polar surface area (TPSA) is 38.3 Å². The maximum atomic E-state index is 12.2. The number of amides is 1. The molecule has 1 amide bonds. The quantitative estimate of drug-likeness (QED) is 0.853. The number of hydrogen-bond acceptors (Lipinski definition) is 2. The van der Waals surface area contributed by atoms with Crippen molar-refractivity contribution in [2.24, 2.45) is 0 Å². The molecular formula is C21H27NO2. The molecule has 128 valence electrons. The lowest BCUT2D eigenvalue weighted by Crippen LogP contribution is -2.31. The maximum Gasteiger partial charge on any atom is 0.258 e. The van der Waals surface area contributed by atoms with Gasteiger partial charge in [-0.05, 0) is 74.1 Å². The highest BCUT2D eigenvalue weighted by atomic mass is 16.5. The average Bonchev–Trinajstić information content (AvgIpc) is 2.56. The minimum Gasteiger partial charge on any atom is -0.484 e. The van der Waals surface area contributed by atoms with Crippen molar-refractivity contribution >= 4 is 5.91 Å². The van der Waals surface area contributed by atoms with Crippen molar-refractivity contribution in [3.05, 3.63) is 64.2 Å². The summed E-state index contributed by atoms with van der Waals surface area (Å²) in [6.45, 7) is 10.4. The molecule has 2 rings (SSSR count). The van der Waals surface area contributed by atoms with Crippen LogP contribution in [0.1, 0.15) is 47.7 Å². The Morgan fingerprint density at radius 3 is 2.29 bits per heavy atom. The molecule has 0 heterocycles. The second-order valence-corrected chi connectivity index (χ2v) is 6.37. The predicted octanol–water partition coefficient (Wildman–Crippen LogP) is 4.43. The molecule has 0 aromatic heterocycles. The lowest BCUT2D eigenvalue weighted by atomic mass is 9.96. The highest BCUT2D eigenvalue weighted by molar-refractivity contribution is 5.78. The van der Waals surface area contributed by atoms with Gasteiger partial charge in [0.2, 0.25) is 0 Å². The summed E-state index contributed by atoms with van der Waals surface area (Å²) in [6.07, 6.45) is 0.994. The summed E-state index contributed by atoms with van der Waals surface area (Å²) in [5.41, 5.74) is 6.11. The van der Waals surface area contributed by atoms with E-state index in [2.05, 4.69) is 45.1 Å². The van der Waals surface area contributed by atoms with Crippen LogP contribution in [0.2, 0.25) is 0 Å². The molecule has 2 aromatic rings. The zero-order valence-corrected chi connectivity index (χ0v) is 15.3. The molecule has 0 saturated carbocycles. The van der Waals surface area contributed by atoms with Crippen molar-refractivity contribution in [1.82, 2.24) is 5.32 Å². The molecule has 0 saturated heterocycles. The lowest BCUT2D eigenvalue weighted by Gasteiger charge is -2.18. The van der Waals surface area contributed by atoms with Crippen LogP contribution in [0.15, 0.2) is 36.4 Å². The van der Waals surface area contributed by atoms with Crippen molar-refractivity contribution in [1.29, 1.82) is 0 Å². The third-order valence-corrected chi connectivity index (χ3v) is 4.43. The van der Waals surface area contributed by atoms with Crippen LogP contribution in [-0.4, -0.2) is 12.5 Å². The van der Waals surface area contributed by atoms with Crippen LogP contribution in [0.3, 0.4) is 0 Å². The first-order valence-electron chi connectivity index (χ1n) is 8.49.